The molecular weight excluding hydrogens is 234 g/mol. The molecule has 0 saturated heterocycles. The first kappa shape index (κ1) is 11.9. The van der Waals surface area contributed by atoms with Gasteiger partial charge in [-0.2, -0.15) is 0 Å². The van der Waals surface area contributed by atoms with Crippen LogP contribution in [0.1, 0.15) is 18.4 Å². The topological polar surface area (TPSA) is 37.8 Å². The number of nitrogens with one attached hydrogen (secondary N) is 1. The van der Waals surface area contributed by atoms with Crippen molar-refractivity contribution in [2.24, 2.45) is 0 Å². The summed E-state index contributed by atoms with van der Waals surface area (Å²) in [4.78, 5) is 8.11. The molecule has 2 aromatic rings. The molecule has 4 heteroatoms. The molecule has 1 heterocycles. The minimum absolute atomic E-state index is 0.397. The number of hydrogen-bond acceptors (Lipinski definition) is 3. The van der Waals surface area contributed by atoms with Crippen LogP contribution in [-0.4, -0.2) is 16.5 Å². The van der Waals surface area contributed by atoms with Gasteiger partial charge in [-0.1, -0.05) is 48.9 Å². The Morgan fingerprint density at radius 2 is 1.88 bits per heavy atom. The largest absolute Gasteiger partial charge is 0.367 e. The van der Waals surface area contributed by atoms with E-state index in [4.69, 9.17) is 11.6 Å². The Labute approximate surface area is 106 Å². The SMILES string of the molecule is C[C@@H](CNc1nccnc1Cl)c1ccccc1. The zero-order valence-corrected chi connectivity index (χ0v) is 10.4. The molecule has 0 aliphatic rings. The van der Waals surface area contributed by atoms with Gasteiger partial charge in [-0.15, -0.1) is 0 Å². The van der Waals surface area contributed by atoms with Crippen LogP contribution in [0.2, 0.25) is 5.15 Å². The normalized spacial score (nSPS) is 12.1. The maximum absolute atomic E-state index is 5.92. The van der Waals surface area contributed by atoms with Crippen molar-refractivity contribution < 1.29 is 0 Å². The van der Waals surface area contributed by atoms with Crippen molar-refractivity contribution in [3.63, 3.8) is 0 Å². The molecule has 1 N–H and O–H groups in total. The number of hydrogen-bond donors (Lipinski definition) is 1. The van der Waals surface area contributed by atoms with Crippen LogP contribution in [-0.2, 0) is 0 Å². The smallest absolute Gasteiger partial charge is 0.171 e. The fraction of sp³-hybridized carbons (Fsp3) is 0.231. The molecule has 3 nitrogen and oxygen atoms in total. The standard InChI is InChI=1S/C13H14ClN3/c1-10(11-5-3-2-4-6-11)9-17-13-12(14)15-7-8-16-13/h2-8,10H,9H2,1H3,(H,16,17)/t10-/m0/s1. The minimum atomic E-state index is 0.397. The summed E-state index contributed by atoms with van der Waals surface area (Å²) < 4.78 is 0. The molecular formula is C13H14ClN3. The van der Waals surface area contributed by atoms with Crippen LogP contribution < -0.4 is 5.32 Å². The van der Waals surface area contributed by atoms with Gasteiger partial charge < -0.3 is 5.32 Å². The second-order valence-corrected chi connectivity index (χ2v) is 4.25. The van der Waals surface area contributed by atoms with Gasteiger partial charge in [-0.05, 0) is 11.5 Å². The lowest BCUT2D eigenvalue weighted by Gasteiger charge is -2.13. The van der Waals surface area contributed by atoms with E-state index < -0.39 is 0 Å². The van der Waals surface area contributed by atoms with Crippen molar-refractivity contribution in [1.82, 2.24) is 9.97 Å². The molecule has 1 atom stereocenters. The van der Waals surface area contributed by atoms with E-state index in [0.717, 1.165) is 6.54 Å². The third kappa shape index (κ3) is 3.17. The van der Waals surface area contributed by atoms with Crippen molar-refractivity contribution in [3.8, 4) is 0 Å². The van der Waals surface area contributed by atoms with Gasteiger partial charge in [-0.3, -0.25) is 0 Å². The molecule has 0 bridgehead atoms. The highest BCUT2D eigenvalue weighted by molar-refractivity contribution is 6.31. The molecule has 17 heavy (non-hydrogen) atoms. The van der Waals surface area contributed by atoms with Crippen molar-refractivity contribution in [2.45, 2.75) is 12.8 Å². The second kappa shape index (κ2) is 5.64. The molecule has 0 unspecified atom stereocenters. The van der Waals surface area contributed by atoms with Crippen LogP contribution >= 0.6 is 11.6 Å². The van der Waals surface area contributed by atoms with Crippen molar-refractivity contribution in [3.05, 3.63) is 53.4 Å². The molecule has 1 aromatic heterocycles. The lowest BCUT2D eigenvalue weighted by molar-refractivity contribution is 0.800. The number of nitrogens with zero attached hydrogens (tertiary/aromatic N) is 2. The van der Waals surface area contributed by atoms with Gasteiger partial charge in [0.2, 0.25) is 0 Å². The van der Waals surface area contributed by atoms with Crippen LogP contribution in [0, 0.1) is 0 Å². The van der Waals surface area contributed by atoms with Gasteiger partial charge in [0.05, 0.1) is 0 Å². The Morgan fingerprint density at radius 3 is 2.59 bits per heavy atom. The van der Waals surface area contributed by atoms with Gasteiger partial charge in [0, 0.05) is 18.9 Å². The maximum atomic E-state index is 5.92. The van der Waals surface area contributed by atoms with Crippen LogP contribution in [0.5, 0.6) is 0 Å². The van der Waals surface area contributed by atoms with E-state index >= 15 is 0 Å². The molecule has 0 radical (unpaired) electrons. The van der Waals surface area contributed by atoms with Gasteiger partial charge in [0.25, 0.3) is 0 Å². The highest BCUT2D eigenvalue weighted by atomic mass is 35.5. The fourth-order valence-electron chi connectivity index (χ4n) is 1.59. The van der Waals surface area contributed by atoms with Crippen LogP contribution in [0.3, 0.4) is 0 Å². The highest BCUT2D eigenvalue weighted by Crippen LogP contribution is 2.18. The highest BCUT2D eigenvalue weighted by Gasteiger charge is 2.06. The average Bonchev–Trinajstić information content (AvgIpc) is 2.38. The molecule has 88 valence electrons. The van der Waals surface area contributed by atoms with E-state index in [1.165, 1.54) is 5.56 Å². The van der Waals surface area contributed by atoms with Gasteiger partial charge in [0.15, 0.2) is 11.0 Å². The van der Waals surface area contributed by atoms with Crippen molar-refractivity contribution in [2.75, 3.05) is 11.9 Å². The summed E-state index contributed by atoms with van der Waals surface area (Å²) in [6.45, 7) is 2.94. The molecule has 1 aromatic carbocycles. The first-order chi connectivity index (χ1) is 8.27. The Balaban J connectivity index is 1.97. The molecule has 0 aliphatic heterocycles. The summed E-state index contributed by atoms with van der Waals surface area (Å²) in [7, 11) is 0. The lowest BCUT2D eigenvalue weighted by atomic mass is 10.0. The van der Waals surface area contributed by atoms with Crippen molar-refractivity contribution >= 4 is 17.4 Å². The van der Waals surface area contributed by atoms with E-state index in [1.54, 1.807) is 12.4 Å². The minimum Gasteiger partial charge on any atom is -0.367 e. The predicted octanol–water partition coefficient (Wildman–Crippen LogP) is 3.35. The van der Waals surface area contributed by atoms with Gasteiger partial charge in [0.1, 0.15) is 0 Å². The molecule has 0 fully saturated rings. The lowest BCUT2D eigenvalue weighted by Crippen LogP contribution is -2.11. The number of benzene rings is 1. The summed E-state index contributed by atoms with van der Waals surface area (Å²) in [5, 5.41) is 3.62. The Kier molecular flexibility index (Phi) is 3.94. The van der Waals surface area contributed by atoms with Crippen molar-refractivity contribution in [1.29, 1.82) is 0 Å². The van der Waals surface area contributed by atoms with Gasteiger partial charge >= 0.3 is 0 Å². The molecule has 0 aliphatic carbocycles. The first-order valence-corrected chi connectivity index (χ1v) is 5.90. The molecule has 2 rings (SSSR count). The summed E-state index contributed by atoms with van der Waals surface area (Å²) in [5.41, 5.74) is 1.29. The van der Waals surface area contributed by atoms with E-state index in [1.807, 2.05) is 18.2 Å². The third-order valence-corrected chi connectivity index (χ3v) is 2.87. The summed E-state index contributed by atoms with van der Waals surface area (Å²) in [6, 6.07) is 10.3. The zero-order chi connectivity index (χ0) is 12.1. The van der Waals surface area contributed by atoms with E-state index in [2.05, 4.69) is 34.3 Å². The van der Waals surface area contributed by atoms with Crippen LogP contribution in [0.25, 0.3) is 0 Å². The number of rotatable bonds is 4. The Morgan fingerprint density at radius 1 is 1.18 bits per heavy atom. The number of aromatic nitrogens is 2. The summed E-state index contributed by atoms with van der Waals surface area (Å²) >= 11 is 5.92. The predicted molar refractivity (Wildman–Crippen MR) is 70.4 cm³/mol. The molecule has 0 amide bonds. The van der Waals surface area contributed by atoms with E-state index in [9.17, 15) is 0 Å². The van der Waals surface area contributed by atoms with Gasteiger partial charge in [-0.25, -0.2) is 9.97 Å². The second-order valence-electron chi connectivity index (χ2n) is 3.89. The Hall–Kier alpha value is -1.61. The number of anilines is 1. The molecule has 0 spiro atoms. The number of halogens is 1. The summed E-state index contributed by atoms with van der Waals surface area (Å²) in [6.07, 6.45) is 3.20. The third-order valence-electron chi connectivity index (χ3n) is 2.60. The van der Waals surface area contributed by atoms with Crippen LogP contribution in [0.15, 0.2) is 42.7 Å². The van der Waals surface area contributed by atoms with E-state index in [0.29, 0.717) is 16.9 Å². The van der Waals surface area contributed by atoms with Crippen LogP contribution in [0.4, 0.5) is 5.82 Å². The monoisotopic (exact) mass is 247 g/mol. The Bertz CT molecular complexity index is 473. The summed E-state index contributed by atoms with van der Waals surface area (Å²) in [5.74, 6) is 1.03. The molecule has 0 saturated carbocycles. The first-order valence-electron chi connectivity index (χ1n) is 5.52. The average molecular weight is 248 g/mol. The maximum Gasteiger partial charge on any atom is 0.171 e. The fourth-order valence-corrected chi connectivity index (χ4v) is 1.76. The van der Waals surface area contributed by atoms with E-state index in [-0.39, 0.29) is 0 Å². The quantitative estimate of drug-likeness (QED) is 0.901. The zero-order valence-electron chi connectivity index (χ0n) is 9.60.